The average molecular weight is 344 g/mol. The van der Waals surface area contributed by atoms with Gasteiger partial charge in [-0.05, 0) is 38.5 Å². The molecular formula is C18H36N2O4. The van der Waals surface area contributed by atoms with Crippen molar-refractivity contribution in [3.8, 4) is 0 Å². The van der Waals surface area contributed by atoms with Crippen molar-refractivity contribution in [2.45, 2.75) is 91.5 Å². The highest BCUT2D eigenvalue weighted by atomic mass is 16.6. The Morgan fingerprint density at radius 3 is 1.25 bits per heavy atom. The first-order valence-electron chi connectivity index (χ1n) is 9.29. The van der Waals surface area contributed by atoms with E-state index in [1.165, 1.54) is 0 Å². The zero-order valence-corrected chi connectivity index (χ0v) is 15.8. The smallest absolute Gasteiger partial charge is 0.307 e. The first kappa shape index (κ1) is 22.9. The third-order valence-electron chi connectivity index (χ3n) is 4.57. The maximum Gasteiger partial charge on any atom is 0.307 e. The van der Waals surface area contributed by atoms with E-state index in [1.807, 2.05) is 27.7 Å². The predicted molar refractivity (Wildman–Crippen MR) is 94.7 cm³/mol. The summed E-state index contributed by atoms with van der Waals surface area (Å²) in [6, 6.07) is 0. The summed E-state index contributed by atoms with van der Waals surface area (Å²) < 4.78 is 10.5. The van der Waals surface area contributed by atoms with E-state index in [0.29, 0.717) is 12.8 Å². The molecule has 2 unspecified atom stereocenters. The van der Waals surface area contributed by atoms with Gasteiger partial charge in [0.2, 0.25) is 0 Å². The molecule has 24 heavy (non-hydrogen) atoms. The van der Waals surface area contributed by atoms with E-state index in [2.05, 4.69) is 0 Å². The molecule has 0 aromatic carbocycles. The van der Waals surface area contributed by atoms with Gasteiger partial charge in [-0.15, -0.1) is 0 Å². The maximum absolute atomic E-state index is 11.7. The van der Waals surface area contributed by atoms with Crippen LogP contribution in [0.15, 0.2) is 0 Å². The number of ether oxygens (including phenoxy) is 2. The fourth-order valence-electron chi connectivity index (χ4n) is 2.66. The van der Waals surface area contributed by atoms with Crippen LogP contribution in [0.4, 0.5) is 0 Å². The van der Waals surface area contributed by atoms with Gasteiger partial charge >= 0.3 is 11.9 Å². The molecule has 0 aliphatic rings. The number of hydrogen-bond acceptors (Lipinski definition) is 6. The minimum absolute atomic E-state index is 0.190. The third kappa shape index (κ3) is 9.23. The second-order valence-electron chi connectivity index (χ2n) is 6.27. The molecule has 0 aromatic rings. The Kier molecular flexibility index (Phi) is 12.6. The molecule has 142 valence electrons. The van der Waals surface area contributed by atoms with Gasteiger partial charge in [0.15, 0.2) is 12.5 Å². The van der Waals surface area contributed by atoms with Crippen LogP contribution in [0.1, 0.15) is 79.1 Å². The molecule has 0 aliphatic carbocycles. The van der Waals surface area contributed by atoms with Gasteiger partial charge in [-0.2, -0.15) is 0 Å². The minimum atomic E-state index is -0.546. The van der Waals surface area contributed by atoms with Crippen molar-refractivity contribution in [2.75, 3.05) is 0 Å². The summed E-state index contributed by atoms with van der Waals surface area (Å²) in [5, 5.41) is 0. The van der Waals surface area contributed by atoms with E-state index < -0.39 is 12.5 Å². The van der Waals surface area contributed by atoms with Gasteiger partial charge in [0.05, 0.1) is 0 Å². The molecule has 0 rings (SSSR count). The van der Waals surface area contributed by atoms with Gasteiger partial charge in [0, 0.05) is 24.7 Å². The molecule has 0 saturated carbocycles. The highest BCUT2D eigenvalue weighted by Gasteiger charge is 2.19. The zero-order chi connectivity index (χ0) is 18.5. The third-order valence-corrected chi connectivity index (χ3v) is 4.57. The molecule has 0 aromatic heterocycles. The second-order valence-corrected chi connectivity index (χ2v) is 6.27. The molecule has 0 fully saturated rings. The van der Waals surface area contributed by atoms with E-state index in [4.69, 9.17) is 20.9 Å². The number of carbonyl (C=O) groups excluding carboxylic acids is 2. The Bertz CT molecular complexity index is 321. The van der Waals surface area contributed by atoms with Crippen molar-refractivity contribution >= 4 is 11.9 Å². The van der Waals surface area contributed by atoms with E-state index in [9.17, 15) is 9.59 Å². The van der Waals surface area contributed by atoms with Gasteiger partial charge in [0.1, 0.15) is 0 Å². The molecule has 0 bridgehead atoms. The average Bonchev–Trinajstić information content (AvgIpc) is 2.53. The summed E-state index contributed by atoms with van der Waals surface area (Å²) >= 11 is 0. The van der Waals surface area contributed by atoms with Crippen LogP contribution >= 0.6 is 0 Å². The van der Waals surface area contributed by atoms with E-state index in [1.54, 1.807) is 0 Å². The number of nitrogens with two attached hydrogens (primary N) is 2. The summed E-state index contributed by atoms with van der Waals surface area (Å²) in [6.07, 6.45) is 4.11. The summed E-state index contributed by atoms with van der Waals surface area (Å²) in [7, 11) is 0. The van der Waals surface area contributed by atoms with Gasteiger partial charge < -0.3 is 9.47 Å². The summed E-state index contributed by atoms with van der Waals surface area (Å²) in [4.78, 5) is 23.5. The highest BCUT2D eigenvalue weighted by Crippen LogP contribution is 2.15. The fourth-order valence-corrected chi connectivity index (χ4v) is 2.66. The number of carbonyl (C=O) groups is 2. The van der Waals surface area contributed by atoms with Crippen LogP contribution in [-0.2, 0) is 19.1 Å². The predicted octanol–water partition coefficient (Wildman–Crippen LogP) is 3.08. The molecule has 0 spiro atoms. The Morgan fingerprint density at radius 2 is 1.00 bits per heavy atom. The van der Waals surface area contributed by atoms with Crippen molar-refractivity contribution in [2.24, 2.45) is 23.3 Å². The van der Waals surface area contributed by atoms with Gasteiger partial charge in [-0.25, -0.2) is 0 Å². The topological polar surface area (TPSA) is 105 Å². The molecule has 4 N–H and O–H groups in total. The SMILES string of the molecule is CCC(CC)C(N)OC(=O)CCCCC(=O)OC(N)C(CC)CC. The van der Waals surface area contributed by atoms with E-state index >= 15 is 0 Å². The van der Waals surface area contributed by atoms with E-state index in [-0.39, 0.29) is 36.6 Å². The number of esters is 2. The van der Waals surface area contributed by atoms with Crippen LogP contribution in [-0.4, -0.2) is 24.4 Å². The van der Waals surface area contributed by atoms with Gasteiger partial charge in [-0.3, -0.25) is 21.1 Å². The molecule has 0 heterocycles. The lowest BCUT2D eigenvalue weighted by atomic mass is 10.0. The fraction of sp³-hybridized carbons (Fsp3) is 0.889. The molecule has 0 aliphatic heterocycles. The molecule has 2 atom stereocenters. The Labute approximate surface area is 146 Å². The van der Waals surface area contributed by atoms with Crippen molar-refractivity contribution in [1.82, 2.24) is 0 Å². The summed E-state index contributed by atoms with van der Waals surface area (Å²) in [6.45, 7) is 8.11. The lowest BCUT2D eigenvalue weighted by molar-refractivity contribution is -0.154. The van der Waals surface area contributed by atoms with Crippen LogP contribution in [0.2, 0.25) is 0 Å². The second kappa shape index (κ2) is 13.2. The largest absolute Gasteiger partial charge is 0.446 e. The normalized spacial score (nSPS) is 13.8. The quantitative estimate of drug-likeness (QED) is 0.302. The van der Waals surface area contributed by atoms with Crippen molar-refractivity contribution in [1.29, 1.82) is 0 Å². The number of unbranched alkanes of at least 4 members (excludes halogenated alkanes) is 1. The van der Waals surface area contributed by atoms with Crippen LogP contribution in [0.5, 0.6) is 0 Å². The Balaban J connectivity index is 3.92. The van der Waals surface area contributed by atoms with Crippen molar-refractivity contribution in [3.05, 3.63) is 0 Å². The minimum Gasteiger partial charge on any atom is -0.446 e. The van der Waals surface area contributed by atoms with E-state index in [0.717, 1.165) is 25.7 Å². The molecule has 0 radical (unpaired) electrons. The van der Waals surface area contributed by atoms with Crippen molar-refractivity contribution < 1.29 is 19.1 Å². The first-order chi connectivity index (χ1) is 11.4. The van der Waals surface area contributed by atoms with Crippen LogP contribution in [0, 0.1) is 11.8 Å². The van der Waals surface area contributed by atoms with Gasteiger partial charge in [0.25, 0.3) is 0 Å². The Morgan fingerprint density at radius 1 is 0.708 bits per heavy atom. The molecule has 6 heteroatoms. The lowest BCUT2D eigenvalue weighted by Gasteiger charge is -2.21. The number of hydrogen-bond donors (Lipinski definition) is 2. The molecule has 0 saturated heterocycles. The standard InChI is InChI=1S/C18H36N2O4/c1-5-13(6-2)17(19)23-15(21)11-9-10-12-16(22)24-18(20)14(7-3)8-4/h13-14,17-18H,5-12,19-20H2,1-4H3. The maximum atomic E-state index is 11.7. The van der Waals surface area contributed by atoms with Crippen LogP contribution < -0.4 is 11.5 Å². The monoisotopic (exact) mass is 344 g/mol. The lowest BCUT2D eigenvalue weighted by Crippen LogP contribution is -2.34. The summed E-state index contributed by atoms with van der Waals surface area (Å²) in [5.41, 5.74) is 11.7. The molecule has 6 nitrogen and oxygen atoms in total. The zero-order valence-electron chi connectivity index (χ0n) is 15.8. The Hall–Kier alpha value is -1.14. The van der Waals surface area contributed by atoms with Crippen molar-refractivity contribution in [3.63, 3.8) is 0 Å². The van der Waals surface area contributed by atoms with Crippen LogP contribution in [0.25, 0.3) is 0 Å². The summed E-state index contributed by atoms with van der Waals surface area (Å²) in [5.74, 6) is -0.237. The molecule has 0 amide bonds. The van der Waals surface area contributed by atoms with Crippen LogP contribution in [0.3, 0.4) is 0 Å². The number of rotatable bonds is 13. The molecular weight excluding hydrogens is 308 g/mol. The first-order valence-corrected chi connectivity index (χ1v) is 9.29. The van der Waals surface area contributed by atoms with Gasteiger partial charge in [-0.1, -0.05) is 27.7 Å². The highest BCUT2D eigenvalue weighted by molar-refractivity contribution is 5.70.